The minimum atomic E-state index is -0.360. The van der Waals surface area contributed by atoms with Crippen molar-refractivity contribution in [3.8, 4) is 0 Å². The maximum absolute atomic E-state index is 11.1. The van der Waals surface area contributed by atoms with Gasteiger partial charge in [-0.3, -0.25) is 4.79 Å². The fourth-order valence-electron chi connectivity index (χ4n) is 1.57. The molecule has 1 aromatic rings. The molecule has 0 radical (unpaired) electrons. The summed E-state index contributed by atoms with van der Waals surface area (Å²) in [6.07, 6.45) is -0.0683. The standard InChI is InChI=1S/C11H12O2/c1-11(2)9(13-10(11)12)8-6-4-3-5-7-8/h3-7,9H,1-2H3/t9-/m1/s1. The number of carbonyl (C=O) groups is 1. The van der Waals surface area contributed by atoms with Crippen LogP contribution in [0.3, 0.4) is 0 Å². The maximum Gasteiger partial charge on any atom is 0.316 e. The van der Waals surface area contributed by atoms with E-state index in [1.807, 2.05) is 44.2 Å². The summed E-state index contributed by atoms with van der Waals surface area (Å²) in [6.45, 7) is 3.83. The Labute approximate surface area is 77.5 Å². The highest BCUT2D eigenvalue weighted by molar-refractivity contribution is 5.82. The average Bonchev–Trinajstić information content (AvgIpc) is 2.15. The number of rotatable bonds is 1. The molecule has 0 N–H and O–H groups in total. The first-order valence-corrected chi connectivity index (χ1v) is 4.38. The van der Waals surface area contributed by atoms with Gasteiger partial charge >= 0.3 is 5.97 Å². The molecule has 68 valence electrons. The van der Waals surface area contributed by atoms with Crippen molar-refractivity contribution in [3.05, 3.63) is 35.9 Å². The normalized spacial score (nSPS) is 24.8. The predicted octanol–water partition coefficient (Wildman–Crippen LogP) is 2.31. The summed E-state index contributed by atoms with van der Waals surface area (Å²) >= 11 is 0. The Morgan fingerprint density at radius 3 is 2.31 bits per heavy atom. The molecule has 1 aromatic carbocycles. The minimum absolute atomic E-state index is 0.0683. The number of ether oxygens (including phenoxy) is 1. The number of cyclic esters (lactones) is 1. The summed E-state index contributed by atoms with van der Waals surface area (Å²) in [6, 6.07) is 9.84. The molecule has 1 saturated heterocycles. The van der Waals surface area contributed by atoms with Crippen molar-refractivity contribution < 1.29 is 9.53 Å². The Bertz CT molecular complexity index is 327. The Balaban J connectivity index is 2.27. The van der Waals surface area contributed by atoms with Crippen LogP contribution in [0, 0.1) is 5.41 Å². The van der Waals surface area contributed by atoms with Crippen LogP contribution in [-0.4, -0.2) is 5.97 Å². The molecule has 1 heterocycles. The number of hydrogen-bond donors (Lipinski definition) is 0. The first-order chi connectivity index (χ1) is 6.12. The number of hydrogen-bond acceptors (Lipinski definition) is 2. The summed E-state index contributed by atoms with van der Waals surface area (Å²) in [5.74, 6) is -0.110. The van der Waals surface area contributed by atoms with Gasteiger partial charge in [-0.2, -0.15) is 0 Å². The zero-order valence-corrected chi connectivity index (χ0v) is 7.78. The zero-order chi connectivity index (χ0) is 9.47. The van der Waals surface area contributed by atoms with Gasteiger partial charge in [0.25, 0.3) is 0 Å². The van der Waals surface area contributed by atoms with Crippen LogP contribution >= 0.6 is 0 Å². The average molecular weight is 176 g/mol. The zero-order valence-electron chi connectivity index (χ0n) is 7.78. The molecule has 0 aromatic heterocycles. The van der Waals surface area contributed by atoms with Crippen LogP contribution in [0.15, 0.2) is 30.3 Å². The van der Waals surface area contributed by atoms with Crippen LogP contribution in [0.25, 0.3) is 0 Å². The Morgan fingerprint density at radius 1 is 1.23 bits per heavy atom. The van der Waals surface area contributed by atoms with E-state index in [1.165, 1.54) is 0 Å². The second-order valence-electron chi connectivity index (χ2n) is 3.92. The molecule has 0 aliphatic carbocycles. The number of esters is 1. The molecule has 0 unspecified atom stereocenters. The molecule has 1 aliphatic rings. The van der Waals surface area contributed by atoms with Gasteiger partial charge in [0, 0.05) is 0 Å². The van der Waals surface area contributed by atoms with Crippen LogP contribution in [-0.2, 0) is 9.53 Å². The van der Waals surface area contributed by atoms with Crippen LogP contribution < -0.4 is 0 Å². The third kappa shape index (κ3) is 1.13. The second kappa shape index (κ2) is 2.59. The lowest BCUT2D eigenvalue weighted by Crippen LogP contribution is -2.46. The fraction of sp³-hybridized carbons (Fsp3) is 0.364. The summed E-state index contributed by atoms with van der Waals surface area (Å²) < 4.78 is 5.10. The third-order valence-electron chi connectivity index (χ3n) is 2.51. The number of benzene rings is 1. The molecule has 0 amide bonds. The molecule has 2 rings (SSSR count). The van der Waals surface area contributed by atoms with Gasteiger partial charge in [-0.05, 0) is 19.4 Å². The first-order valence-electron chi connectivity index (χ1n) is 4.38. The van der Waals surface area contributed by atoms with E-state index in [0.29, 0.717) is 0 Å². The fourth-order valence-corrected chi connectivity index (χ4v) is 1.57. The molecule has 2 heteroatoms. The first kappa shape index (κ1) is 8.30. The molecular weight excluding hydrogens is 164 g/mol. The van der Waals surface area contributed by atoms with Gasteiger partial charge in [0.2, 0.25) is 0 Å². The Kier molecular flexibility index (Phi) is 1.65. The smallest absolute Gasteiger partial charge is 0.316 e. The van der Waals surface area contributed by atoms with Crippen molar-refractivity contribution in [1.82, 2.24) is 0 Å². The number of carbonyl (C=O) groups excluding carboxylic acids is 1. The molecule has 0 bridgehead atoms. The van der Waals surface area contributed by atoms with Crippen LogP contribution in [0.1, 0.15) is 25.5 Å². The highest BCUT2D eigenvalue weighted by Gasteiger charge is 2.51. The van der Waals surface area contributed by atoms with Gasteiger partial charge < -0.3 is 4.74 Å². The van der Waals surface area contributed by atoms with E-state index in [4.69, 9.17) is 4.74 Å². The van der Waals surface area contributed by atoms with Crippen molar-refractivity contribution in [3.63, 3.8) is 0 Å². The second-order valence-corrected chi connectivity index (χ2v) is 3.92. The molecule has 1 atom stereocenters. The molecule has 0 spiro atoms. The van der Waals surface area contributed by atoms with Crippen molar-refractivity contribution in [2.45, 2.75) is 20.0 Å². The lowest BCUT2D eigenvalue weighted by Gasteiger charge is -2.42. The van der Waals surface area contributed by atoms with E-state index in [-0.39, 0.29) is 17.5 Å². The summed E-state index contributed by atoms with van der Waals surface area (Å²) in [4.78, 5) is 11.1. The SMILES string of the molecule is CC1(C)C(=O)O[C@@H]1c1ccccc1. The van der Waals surface area contributed by atoms with E-state index < -0.39 is 0 Å². The van der Waals surface area contributed by atoms with Gasteiger partial charge in [0.05, 0.1) is 0 Å². The van der Waals surface area contributed by atoms with Crippen LogP contribution in [0.4, 0.5) is 0 Å². The van der Waals surface area contributed by atoms with Gasteiger partial charge in [-0.25, -0.2) is 0 Å². The van der Waals surface area contributed by atoms with E-state index in [1.54, 1.807) is 0 Å². The van der Waals surface area contributed by atoms with Crippen LogP contribution in [0.2, 0.25) is 0 Å². The quantitative estimate of drug-likeness (QED) is 0.614. The molecule has 1 fully saturated rings. The third-order valence-corrected chi connectivity index (χ3v) is 2.51. The van der Waals surface area contributed by atoms with Crippen molar-refractivity contribution >= 4 is 5.97 Å². The molecular formula is C11H12O2. The van der Waals surface area contributed by atoms with Crippen molar-refractivity contribution in [2.24, 2.45) is 5.41 Å². The van der Waals surface area contributed by atoms with E-state index in [9.17, 15) is 4.79 Å². The summed E-state index contributed by atoms with van der Waals surface area (Å²) in [5, 5.41) is 0. The predicted molar refractivity (Wildman–Crippen MR) is 49.1 cm³/mol. The Hall–Kier alpha value is -1.31. The lowest BCUT2D eigenvalue weighted by atomic mass is 9.78. The van der Waals surface area contributed by atoms with Gasteiger partial charge in [0.1, 0.15) is 11.5 Å². The highest BCUT2D eigenvalue weighted by atomic mass is 16.6. The van der Waals surface area contributed by atoms with Crippen molar-refractivity contribution in [1.29, 1.82) is 0 Å². The molecule has 1 aliphatic heterocycles. The topological polar surface area (TPSA) is 26.3 Å². The largest absolute Gasteiger partial charge is 0.456 e. The maximum atomic E-state index is 11.1. The molecule has 0 saturated carbocycles. The highest BCUT2D eigenvalue weighted by Crippen LogP contribution is 2.46. The van der Waals surface area contributed by atoms with Gasteiger partial charge in [-0.15, -0.1) is 0 Å². The summed E-state index contributed by atoms with van der Waals surface area (Å²) in [7, 11) is 0. The van der Waals surface area contributed by atoms with E-state index in [0.717, 1.165) is 5.56 Å². The van der Waals surface area contributed by atoms with Gasteiger partial charge in [-0.1, -0.05) is 30.3 Å². The molecule has 13 heavy (non-hydrogen) atoms. The van der Waals surface area contributed by atoms with E-state index in [2.05, 4.69) is 0 Å². The monoisotopic (exact) mass is 176 g/mol. The minimum Gasteiger partial charge on any atom is -0.456 e. The molecule has 2 nitrogen and oxygen atoms in total. The van der Waals surface area contributed by atoms with Crippen LogP contribution in [0.5, 0.6) is 0 Å². The lowest BCUT2D eigenvalue weighted by molar-refractivity contribution is -0.202. The van der Waals surface area contributed by atoms with Gasteiger partial charge in [0.15, 0.2) is 0 Å². The summed E-state index contributed by atoms with van der Waals surface area (Å²) in [5.41, 5.74) is 0.716. The van der Waals surface area contributed by atoms with E-state index >= 15 is 0 Å². The Morgan fingerprint density at radius 2 is 1.85 bits per heavy atom. The van der Waals surface area contributed by atoms with Crippen molar-refractivity contribution in [2.75, 3.05) is 0 Å².